The second-order valence-corrected chi connectivity index (χ2v) is 8.11. The minimum Gasteiger partial charge on any atom is -0.489 e. The maximum atomic E-state index is 13.5. The fraction of sp³-hybridized carbons (Fsp3) is 0.261. The fourth-order valence-electron chi connectivity index (χ4n) is 3.64. The number of aromatic nitrogens is 2. The van der Waals surface area contributed by atoms with Crippen molar-refractivity contribution >= 4 is 45.6 Å². The molecule has 5 rings (SSSR count). The number of ether oxygens (including phenoxy) is 1. The van der Waals surface area contributed by atoms with Crippen molar-refractivity contribution in [2.75, 3.05) is 29.9 Å². The molecule has 0 saturated heterocycles. The number of halogens is 2. The SMILES string of the molecule is O=C(/C=C/CNC1CC1)N1CCOc2c1ccc1ncnc(Nc3ccc(F)c(Cl)c3)c21. The van der Waals surface area contributed by atoms with E-state index in [-0.39, 0.29) is 10.9 Å². The summed E-state index contributed by atoms with van der Waals surface area (Å²) in [5, 5.41) is 7.16. The molecule has 0 spiro atoms. The molecule has 0 radical (unpaired) electrons. The maximum absolute atomic E-state index is 13.5. The smallest absolute Gasteiger partial charge is 0.250 e. The Morgan fingerprint density at radius 1 is 1.28 bits per heavy atom. The number of anilines is 3. The molecule has 2 N–H and O–H groups in total. The van der Waals surface area contributed by atoms with Gasteiger partial charge >= 0.3 is 0 Å². The molecule has 7 nitrogen and oxygen atoms in total. The summed E-state index contributed by atoms with van der Waals surface area (Å²) in [5.74, 6) is 0.402. The highest BCUT2D eigenvalue weighted by molar-refractivity contribution is 6.31. The largest absolute Gasteiger partial charge is 0.489 e. The van der Waals surface area contributed by atoms with Crippen LogP contribution in [0.2, 0.25) is 5.02 Å². The normalized spacial score (nSPS) is 15.6. The highest BCUT2D eigenvalue weighted by atomic mass is 35.5. The van der Waals surface area contributed by atoms with Crippen molar-refractivity contribution < 1.29 is 13.9 Å². The van der Waals surface area contributed by atoms with Crippen LogP contribution in [0.5, 0.6) is 5.75 Å². The molecule has 3 aromatic rings. The third-order valence-electron chi connectivity index (χ3n) is 5.40. The molecule has 1 saturated carbocycles. The molecular formula is C23H21ClFN5O2. The Hall–Kier alpha value is -3.23. The third-order valence-corrected chi connectivity index (χ3v) is 5.69. The maximum Gasteiger partial charge on any atom is 0.250 e. The molecule has 164 valence electrons. The van der Waals surface area contributed by atoms with Crippen LogP contribution in [0.3, 0.4) is 0 Å². The Morgan fingerprint density at radius 2 is 2.16 bits per heavy atom. The number of nitrogens with one attached hydrogen (secondary N) is 2. The Balaban J connectivity index is 1.46. The molecule has 1 fully saturated rings. The summed E-state index contributed by atoms with van der Waals surface area (Å²) < 4.78 is 19.5. The standard InChI is InChI=1S/C23H21ClFN5O2/c24-16-12-15(5-6-17(16)25)29-23-21-18(27-13-28-23)7-8-19-22(21)32-11-10-30(19)20(31)2-1-9-26-14-3-4-14/h1-2,5-8,12-14,26H,3-4,9-11H2,(H,27,28,29)/b2-1+. The van der Waals surface area contributed by atoms with Gasteiger partial charge in [-0.15, -0.1) is 0 Å². The summed E-state index contributed by atoms with van der Waals surface area (Å²) in [6.07, 6.45) is 7.28. The van der Waals surface area contributed by atoms with E-state index >= 15 is 0 Å². The Labute approximate surface area is 189 Å². The predicted molar refractivity (Wildman–Crippen MR) is 122 cm³/mol. The van der Waals surface area contributed by atoms with Crippen LogP contribution in [-0.4, -0.2) is 41.6 Å². The summed E-state index contributed by atoms with van der Waals surface area (Å²) in [5.41, 5.74) is 1.89. The molecule has 0 bridgehead atoms. The Kier molecular flexibility index (Phi) is 5.63. The topological polar surface area (TPSA) is 79.4 Å². The lowest BCUT2D eigenvalue weighted by Gasteiger charge is -2.29. The van der Waals surface area contributed by atoms with Crippen molar-refractivity contribution in [2.24, 2.45) is 0 Å². The van der Waals surface area contributed by atoms with Crippen molar-refractivity contribution in [3.05, 3.63) is 59.7 Å². The number of fused-ring (bicyclic) bond motifs is 3. The van der Waals surface area contributed by atoms with E-state index in [4.69, 9.17) is 16.3 Å². The van der Waals surface area contributed by atoms with Crippen LogP contribution in [-0.2, 0) is 4.79 Å². The molecule has 1 aromatic heterocycles. The molecule has 2 aromatic carbocycles. The quantitative estimate of drug-likeness (QED) is 0.544. The van der Waals surface area contributed by atoms with Crippen LogP contribution in [0.15, 0.2) is 48.8 Å². The number of amides is 1. The van der Waals surface area contributed by atoms with E-state index in [0.29, 0.717) is 59.6 Å². The van der Waals surface area contributed by atoms with E-state index in [1.54, 1.807) is 17.0 Å². The molecule has 2 heterocycles. The van der Waals surface area contributed by atoms with Crippen LogP contribution in [0.25, 0.3) is 10.9 Å². The van der Waals surface area contributed by atoms with Gasteiger partial charge in [-0.2, -0.15) is 0 Å². The van der Waals surface area contributed by atoms with E-state index in [9.17, 15) is 9.18 Å². The van der Waals surface area contributed by atoms with Gasteiger partial charge in [0.1, 0.15) is 24.6 Å². The number of nitrogens with zero attached hydrogens (tertiary/aromatic N) is 3. The van der Waals surface area contributed by atoms with Gasteiger partial charge < -0.3 is 20.3 Å². The average Bonchev–Trinajstić information content (AvgIpc) is 3.63. The first-order valence-corrected chi connectivity index (χ1v) is 10.8. The van der Waals surface area contributed by atoms with Crippen LogP contribution in [0.4, 0.5) is 21.6 Å². The van der Waals surface area contributed by atoms with Crippen molar-refractivity contribution in [3.8, 4) is 5.75 Å². The van der Waals surface area contributed by atoms with E-state index in [0.717, 1.165) is 0 Å². The first-order chi connectivity index (χ1) is 15.6. The number of benzene rings is 2. The number of carbonyl (C=O) groups excluding carboxylic acids is 1. The molecule has 1 aliphatic carbocycles. The van der Waals surface area contributed by atoms with Crippen molar-refractivity contribution in [3.63, 3.8) is 0 Å². The first-order valence-electron chi connectivity index (χ1n) is 10.4. The van der Waals surface area contributed by atoms with E-state index in [1.807, 2.05) is 18.2 Å². The second-order valence-electron chi connectivity index (χ2n) is 7.71. The van der Waals surface area contributed by atoms with E-state index in [1.165, 1.54) is 31.3 Å². The fourth-order valence-corrected chi connectivity index (χ4v) is 3.82. The molecule has 1 aliphatic heterocycles. The summed E-state index contributed by atoms with van der Waals surface area (Å²) >= 11 is 5.91. The van der Waals surface area contributed by atoms with Gasteiger partial charge in [0.25, 0.3) is 5.91 Å². The zero-order valence-corrected chi connectivity index (χ0v) is 17.9. The van der Waals surface area contributed by atoms with Crippen molar-refractivity contribution in [2.45, 2.75) is 18.9 Å². The molecule has 32 heavy (non-hydrogen) atoms. The molecule has 9 heteroatoms. The molecule has 1 amide bonds. The van der Waals surface area contributed by atoms with E-state index < -0.39 is 5.82 Å². The third kappa shape index (κ3) is 4.24. The molecule has 2 aliphatic rings. The second kappa shape index (κ2) is 8.72. The average molecular weight is 454 g/mol. The van der Waals surface area contributed by atoms with Crippen LogP contribution >= 0.6 is 11.6 Å². The minimum absolute atomic E-state index is 0.00590. The molecule has 0 unspecified atom stereocenters. The van der Waals surface area contributed by atoms with Gasteiger partial charge in [-0.25, -0.2) is 14.4 Å². The summed E-state index contributed by atoms with van der Waals surface area (Å²) in [6, 6.07) is 8.58. The van der Waals surface area contributed by atoms with Gasteiger partial charge in [0, 0.05) is 24.4 Å². The summed E-state index contributed by atoms with van der Waals surface area (Å²) in [6.45, 7) is 1.47. The lowest BCUT2D eigenvalue weighted by Crippen LogP contribution is -2.37. The van der Waals surface area contributed by atoms with Crippen LogP contribution in [0.1, 0.15) is 12.8 Å². The summed E-state index contributed by atoms with van der Waals surface area (Å²) in [4.78, 5) is 23.2. The number of hydrogen-bond donors (Lipinski definition) is 2. The van der Waals surface area contributed by atoms with Gasteiger partial charge in [-0.3, -0.25) is 4.79 Å². The molecule has 0 atom stereocenters. The molecular weight excluding hydrogens is 433 g/mol. The highest BCUT2D eigenvalue weighted by Crippen LogP contribution is 2.41. The number of hydrogen-bond acceptors (Lipinski definition) is 6. The monoisotopic (exact) mass is 453 g/mol. The van der Waals surface area contributed by atoms with Crippen molar-refractivity contribution in [1.82, 2.24) is 15.3 Å². The van der Waals surface area contributed by atoms with Crippen LogP contribution in [0, 0.1) is 5.82 Å². The van der Waals surface area contributed by atoms with Gasteiger partial charge in [0.2, 0.25) is 0 Å². The number of carbonyl (C=O) groups is 1. The van der Waals surface area contributed by atoms with Gasteiger partial charge in [0.15, 0.2) is 5.75 Å². The lowest BCUT2D eigenvalue weighted by molar-refractivity contribution is -0.114. The zero-order valence-electron chi connectivity index (χ0n) is 17.1. The van der Waals surface area contributed by atoms with Crippen molar-refractivity contribution in [1.29, 1.82) is 0 Å². The van der Waals surface area contributed by atoms with Crippen LogP contribution < -0.4 is 20.3 Å². The predicted octanol–water partition coefficient (Wildman–Crippen LogP) is 4.20. The van der Waals surface area contributed by atoms with Gasteiger partial charge in [-0.1, -0.05) is 17.7 Å². The van der Waals surface area contributed by atoms with Gasteiger partial charge in [0.05, 0.1) is 28.2 Å². The number of rotatable bonds is 6. The highest BCUT2D eigenvalue weighted by Gasteiger charge is 2.26. The summed E-state index contributed by atoms with van der Waals surface area (Å²) in [7, 11) is 0. The Morgan fingerprint density at radius 3 is 2.97 bits per heavy atom. The minimum atomic E-state index is -0.500. The van der Waals surface area contributed by atoms with Gasteiger partial charge in [-0.05, 0) is 43.2 Å². The first kappa shape index (κ1) is 20.7. The van der Waals surface area contributed by atoms with E-state index in [2.05, 4.69) is 20.6 Å². The zero-order chi connectivity index (χ0) is 22.1. The Bertz CT molecular complexity index is 1210. The lowest BCUT2D eigenvalue weighted by atomic mass is 10.1.